The van der Waals surface area contributed by atoms with Crippen molar-refractivity contribution in [2.75, 3.05) is 59.2 Å². The van der Waals surface area contributed by atoms with Gasteiger partial charge in [0.2, 0.25) is 11.7 Å². The van der Waals surface area contributed by atoms with Crippen molar-refractivity contribution in [1.82, 2.24) is 15.1 Å². The van der Waals surface area contributed by atoms with Crippen molar-refractivity contribution in [3.63, 3.8) is 0 Å². The fourth-order valence-corrected chi connectivity index (χ4v) is 9.18. The Hall–Kier alpha value is -3.87. The smallest absolute Gasteiger partial charge is 0.317 e. The number of aliphatic hydroxyl groups is 2. The first-order valence-corrected chi connectivity index (χ1v) is 20.6. The molecule has 6 atom stereocenters. The van der Waals surface area contributed by atoms with Gasteiger partial charge in [0.05, 0.1) is 18.2 Å². The molecule has 12 heteroatoms. The number of unbranched alkanes of at least 4 members (excludes halogenated alkanes) is 2. The maximum Gasteiger partial charge on any atom is 0.317 e. The molecule has 5 rings (SSSR count). The Bertz CT molecular complexity index is 1520. The summed E-state index contributed by atoms with van der Waals surface area (Å²) in [6.07, 6.45) is 13.8. The van der Waals surface area contributed by atoms with E-state index in [4.69, 9.17) is 24.2 Å². The van der Waals surface area contributed by atoms with Crippen molar-refractivity contribution in [3.05, 3.63) is 60.7 Å². The zero-order chi connectivity index (χ0) is 39.2. The maximum absolute atomic E-state index is 14.4. The summed E-state index contributed by atoms with van der Waals surface area (Å²) in [5, 5.41) is 27.6. The van der Waals surface area contributed by atoms with Crippen LogP contribution in [0.25, 0.3) is 0 Å². The Kier molecular flexibility index (Phi) is 16.0. The molecule has 4 aliphatic rings. The highest BCUT2D eigenvalue weighted by molar-refractivity contribution is 6.03. The second kappa shape index (κ2) is 20.9. The van der Waals surface area contributed by atoms with Crippen LogP contribution in [-0.2, 0) is 14.4 Å². The Morgan fingerprint density at radius 3 is 2.58 bits per heavy atom. The fourth-order valence-electron chi connectivity index (χ4n) is 9.18. The number of amides is 3. The lowest BCUT2D eigenvalue weighted by molar-refractivity contribution is -0.254. The molecule has 0 radical (unpaired) electrons. The number of allylic oxidation sites excluding steroid dienone is 1. The van der Waals surface area contributed by atoms with E-state index in [1.807, 2.05) is 28.9 Å². The van der Waals surface area contributed by atoms with E-state index in [0.29, 0.717) is 82.9 Å². The van der Waals surface area contributed by atoms with Crippen LogP contribution in [0.4, 0.5) is 4.79 Å². The molecule has 0 unspecified atom stereocenters. The number of hydrogen-bond acceptors (Lipinski definition) is 9. The summed E-state index contributed by atoms with van der Waals surface area (Å²) < 4.78 is 20.4. The summed E-state index contributed by atoms with van der Waals surface area (Å²) in [7, 11) is 0. The summed E-state index contributed by atoms with van der Waals surface area (Å²) in [6, 6.07) is 5.13. The van der Waals surface area contributed by atoms with Crippen LogP contribution in [0.2, 0.25) is 0 Å². The molecule has 55 heavy (non-hydrogen) atoms. The molecule has 12 nitrogen and oxygen atoms in total. The maximum atomic E-state index is 14.4. The number of ether oxygens (including phenoxy) is 3. The average molecular weight is 765 g/mol. The minimum absolute atomic E-state index is 0.116. The highest BCUT2D eigenvalue weighted by atomic mass is 16.7. The first-order chi connectivity index (χ1) is 26.9. The van der Waals surface area contributed by atoms with Crippen molar-refractivity contribution in [3.8, 4) is 11.5 Å². The van der Waals surface area contributed by atoms with Gasteiger partial charge in [0.1, 0.15) is 30.8 Å². The highest BCUT2D eigenvalue weighted by Gasteiger charge is 2.65. The Morgan fingerprint density at radius 2 is 1.89 bits per heavy atom. The number of carbonyl (C=O) groups excluding carboxylic acids is 2. The SMILES string of the molecule is C=CCOc1ccc2c(c1)[C@H]1[C@H](CCCCO)[C@@H](CCCCO)C=C3C(=NOCC)C[C@H](N(CCC)C(=O)NCCCN4CCCC4=O)[C@@](OCC=C)(O2)[C@H]31. The normalized spacial score (nSPS) is 26.1. The van der Waals surface area contributed by atoms with Crippen molar-refractivity contribution in [1.29, 1.82) is 0 Å². The van der Waals surface area contributed by atoms with Gasteiger partial charge >= 0.3 is 6.03 Å². The number of rotatable bonds is 23. The van der Waals surface area contributed by atoms with Gasteiger partial charge in [0.15, 0.2) is 0 Å². The molecule has 3 N–H and O–H groups in total. The van der Waals surface area contributed by atoms with Crippen LogP contribution in [0, 0.1) is 17.8 Å². The summed E-state index contributed by atoms with van der Waals surface area (Å²) in [4.78, 5) is 36.2. The Balaban J connectivity index is 1.65. The third kappa shape index (κ3) is 9.75. The van der Waals surface area contributed by atoms with E-state index in [1.165, 1.54) is 0 Å². The van der Waals surface area contributed by atoms with Crippen LogP contribution >= 0.6 is 0 Å². The predicted molar refractivity (Wildman–Crippen MR) is 213 cm³/mol. The Morgan fingerprint density at radius 1 is 1.11 bits per heavy atom. The summed E-state index contributed by atoms with van der Waals surface area (Å²) in [5.74, 6) is 0.00982. The van der Waals surface area contributed by atoms with Crippen LogP contribution in [0.3, 0.4) is 0 Å². The molecule has 2 heterocycles. The van der Waals surface area contributed by atoms with Gasteiger partial charge in [-0.05, 0) is 87.5 Å². The average Bonchev–Trinajstić information content (AvgIpc) is 3.61. The van der Waals surface area contributed by atoms with E-state index in [9.17, 15) is 19.8 Å². The molecule has 0 spiro atoms. The van der Waals surface area contributed by atoms with E-state index < -0.39 is 11.8 Å². The second-order valence-electron chi connectivity index (χ2n) is 15.1. The largest absolute Gasteiger partial charge is 0.490 e. The van der Waals surface area contributed by atoms with Gasteiger partial charge < -0.3 is 44.4 Å². The number of likely N-dealkylation sites (tertiary alicyclic amines) is 1. The molecular weight excluding hydrogens is 700 g/mol. The third-order valence-electron chi connectivity index (χ3n) is 11.5. The van der Waals surface area contributed by atoms with Crippen LogP contribution in [0.15, 0.2) is 60.3 Å². The number of urea groups is 1. The van der Waals surface area contributed by atoms with Gasteiger partial charge in [-0.2, -0.15) is 0 Å². The first kappa shape index (κ1) is 42.3. The monoisotopic (exact) mass is 764 g/mol. The van der Waals surface area contributed by atoms with E-state index in [0.717, 1.165) is 55.5 Å². The number of carbonyl (C=O) groups is 2. The first-order valence-electron chi connectivity index (χ1n) is 20.6. The minimum Gasteiger partial charge on any atom is -0.490 e. The summed E-state index contributed by atoms with van der Waals surface area (Å²) in [5.41, 5.74) is 2.78. The van der Waals surface area contributed by atoms with Crippen molar-refractivity contribution >= 4 is 17.6 Å². The topological polar surface area (TPSA) is 142 Å². The molecule has 1 aromatic rings. The van der Waals surface area contributed by atoms with Gasteiger partial charge in [-0.1, -0.05) is 49.7 Å². The second-order valence-corrected chi connectivity index (χ2v) is 15.1. The molecular formula is C43H64N4O8. The third-order valence-corrected chi connectivity index (χ3v) is 11.5. The quantitative estimate of drug-likeness (QED) is 0.0667. The highest BCUT2D eigenvalue weighted by Crippen LogP contribution is 2.62. The van der Waals surface area contributed by atoms with Crippen molar-refractivity contribution in [2.45, 2.75) is 102 Å². The summed E-state index contributed by atoms with van der Waals surface area (Å²) >= 11 is 0. The lowest BCUT2D eigenvalue weighted by Crippen LogP contribution is -2.70. The number of fused-ring (bicyclic) bond motifs is 2. The number of benzene rings is 1. The number of nitrogens with zero attached hydrogens (tertiary/aromatic N) is 3. The van der Waals surface area contributed by atoms with Gasteiger partial charge in [-0.3, -0.25) is 4.79 Å². The lowest BCUT2D eigenvalue weighted by Gasteiger charge is -2.60. The van der Waals surface area contributed by atoms with Crippen LogP contribution in [-0.4, -0.2) is 109 Å². The van der Waals surface area contributed by atoms with E-state index in [2.05, 4.69) is 37.5 Å². The van der Waals surface area contributed by atoms with Crippen molar-refractivity contribution < 1.29 is 38.9 Å². The number of nitrogens with one attached hydrogen (secondary N) is 1. The van der Waals surface area contributed by atoms with E-state index >= 15 is 0 Å². The Labute approximate surface area is 327 Å². The predicted octanol–water partition coefficient (Wildman–Crippen LogP) is 6.34. The fraction of sp³-hybridized carbons (Fsp3) is 0.651. The van der Waals surface area contributed by atoms with Gasteiger partial charge in [-0.15, -0.1) is 6.58 Å². The molecule has 3 amide bonds. The van der Waals surface area contributed by atoms with Crippen LogP contribution < -0.4 is 14.8 Å². The summed E-state index contributed by atoms with van der Waals surface area (Å²) in [6.45, 7) is 15.3. The van der Waals surface area contributed by atoms with E-state index in [-0.39, 0.29) is 55.4 Å². The standard InChI is InChI=1S/C43H64N4O8/c1-5-21-47(42(51)44-20-14-23-46-22-13-17-39(46)50)38-30-36(45-54-8-4)34-28-31(15-9-11-24-48)33(16-10-12-25-49)40-35-29-32(52-26-6-2)18-19-37(35)55-43(38,41(34)40)53-27-7-3/h6-7,18-19,28-29,31,33,38,40-41,48-49H,2-3,5,8-17,20-27,30H2,1,4H3,(H,44,51)/t31-,33+,38-,40+,41+,43+/m0/s1. The molecule has 2 aliphatic carbocycles. The zero-order valence-corrected chi connectivity index (χ0v) is 33.1. The lowest BCUT2D eigenvalue weighted by atomic mass is 9.55. The molecule has 2 aliphatic heterocycles. The van der Waals surface area contributed by atoms with Gasteiger partial charge in [0, 0.05) is 63.7 Å². The number of aliphatic hydroxyl groups excluding tert-OH is 2. The molecule has 304 valence electrons. The van der Waals surface area contributed by atoms with E-state index in [1.54, 1.807) is 12.2 Å². The zero-order valence-electron chi connectivity index (χ0n) is 33.1. The van der Waals surface area contributed by atoms with Crippen LogP contribution in [0.1, 0.15) is 96.0 Å². The van der Waals surface area contributed by atoms with Gasteiger partial charge in [0.25, 0.3) is 0 Å². The minimum atomic E-state index is -1.31. The van der Waals surface area contributed by atoms with Gasteiger partial charge in [-0.25, -0.2) is 4.79 Å². The van der Waals surface area contributed by atoms with Crippen molar-refractivity contribution in [2.24, 2.45) is 22.9 Å². The number of oxime groups is 1. The molecule has 0 aromatic heterocycles. The number of hydrogen-bond donors (Lipinski definition) is 3. The molecule has 1 saturated carbocycles. The van der Waals surface area contributed by atoms with Crippen LogP contribution in [0.5, 0.6) is 11.5 Å². The molecule has 1 aromatic carbocycles. The molecule has 0 bridgehead atoms. The molecule has 2 fully saturated rings. The molecule has 1 saturated heterocycles.